The molecule has 6 nitrogen and oxygen atoms in total. The molecule has 0 aliphatic rings. The molecule has 0 aliphatic heterocycles. The van der Waals surface area contributed by atoms with Crippen LogP contribution in [-0.4, -0.2) is 32.4 Å². The first kappa shape index (κ1) is 23.3. The predicted molar refractivity (Wildman–Crippen MR) is 119 cm³/mol. The molecule has 3 rings (SSSR count). The topological polar surface area (TPSA) is 72.9 Å². The third-order valence-corrected chi connectivity index (χ3v) is 6.04. The van der Waals surface area contributed by atoms with Gasteiger partial charge in [0.1, 0.15) is 10.7 Å². The second-order valence-corrected chi connectivity index (χ2v) is 8.92. The van der Waals surface area contributed by atoms with E-state index in [1.54, 1.807) is 41.3 Å². The zero-order chi connectivity index (χ0) is 23.3. The van der Waals surface area contributed by atoms with Crippen LogP contribution in [0.25, 0.3) is 0 Å². The number of carbonyl (C=O) groups is 1. The molecular formula is C24H24FNO5S. The fourth-order valence-corrected chi connectivity index (χ4v) is 4.02. The van der Waals surface area contributed by atoms with E-state index in [-0.39, 0.29) is 34.9 Å². The van der Waals surface area contributed by atoms with Crippen LogP contribution in [-0.2, 0) is 16.7 Å². The summed E-state index contributed by atoms with van der Waals surface area (Å²) in [4.78, 5) is 14.5. The Hall–Kier alpha value is -3.39. The first-order chi connectivity index (χ1) is 15.2. The molecule has 0 atom stereocenters. The lowest BCUT2D eigenvalue weighted by atomic mass is 10.1. The summed E-state index contributed by atoms with van der Waals surface area (Å²) in [5.41, 5.74) is 1.22. The van der Waals surface area contributed by atoms with Crippen LogP contribution >= 0.6 is 0 Å². The summed E-state index contributed by atoms with van der Waals surface area (Å²) in [6.45, 7) is 4.05. The molecule has 0 heterocycles. The van der Waals surface area contributed by atoms with Gasteiger partial charge in [-0.2, -0.15) is 8.42 Å². The van der Waals surface area contributed by atoms with E-state index in [0.29, 0.717) is 11.1 Å². The van der Waals surface area contributed by atoms with Crippen molar-refractivity contribution in [3.8, 4) is 11.5 Å². The van der Waals surface area contributed by atoms with E-state index < -0.39 is 15.9 Å². The minimum atomic E-state index is -4.21. The van der Waals surface area contributed by atoms with E-state index in [0.717, 1.165) is 24.3 Å². The Balaban J connectivity index is 1.89. The number of ether oxygens (including phenoxy) is 1. The summed E-state index contributed by atoms with van der Waals surface area (Å²) in [5.74, 6) is -0.506. The number of carbonyl (C=O) groups excluding carboxylic acids is 1. The Labute approximate surface area is 187 Å². The number of halogens is 1. The van der Waals surface area contributed by atoms with Crippen molar-refractivity contribution in [1.29, 1.82) is 0 Å². The van der Waals surface area contributed by atoms with Gasteiger partial charge in [-0.25, -0.2) is 4.39 Å². The van der Waals surface area contributed by atoms with Crippen LogP contribution in [0, 0.1) is 5.82 Å². The lowest BCUT2D eigenvalue weighted by Gasteiger charge is -2.27. The normalized spacial score (nSPS) is 11.3. The van der Waals surface area contributed by atoms with Gasteiger partial charge < -0.3 is 13.8 Å². The Morgan fingerprint density at radius 1 is 0.969 bits per heavy atom. The average Bonchev–Trinajstić information content (AvgIpc) is 2.77. The minimum absolute atomic E-state index is 0.0230. The number of methoxy groups -OCH3 is 1. The molecule has 32 heavy (non-hydrogen) atoms. The third-order valence-electron chi connectivity index (χ3n) is 4.79. The number of benzene rings is 3. The summed E-state index contributed by atoms with van der Waals surface area (Å²) < 4.78 is 49.0. The standard InChI is InChI=1S/C24H24FNO5S/c1-17(2)26(24(27)19-7-5-4-6-8-19)16-18-9-14-22(30-3)23(15-18)31-32(28,29)21-12-10-20(25)11-13-21/h4-15,17H,16H2,1-3H3. The highest BCUT2D eigenvalue weighted by Gasteiger charge is 2.22. The molecule has 1 amide bonds. The van der Waals surface area contributed by atoms with E-state index >= 15 is 0 Å². The lowest BCUT2D eigenvalue weighted by Crippen LogP contribution is -2.36. The van der Waals surface area contributed by atoms with E-state index in [9.17, 15) is 17.6 Å². The Kier molecular flexibility index (Phi) is 7.15. The molecule has 0 radical (unpaired) electrons. The average molecular weight is 458 g/mol. The molecule has 8 heteroatoms. The number of rotatable bonds is 8. The molecular weight excluding hydrogens is 433 g/mol. The maximum Gasteiger partial charge on any atom is 0.339 e. The molecule has 3 aromatic rings. The SMILES string of the molecule is COc1ccc(CN(C(=O)c2ccccc2)C(C)C)cc1OS(=O)(=O)c1ccc(F)cc1. The summed E-state index contributed by atoms with van der Waals surface area (Å²) >= 11 is 0. The monoisotopic (exact) mass is 457 g/mol. The van der Waals surface area contributed by atoms with Crippen LogP contribution in [0.5, 0.6) is 11.5 Å². The molecule has 0 aliphatic carbocycles. The maximum absolute atomic E-state index is 13.2. The number of hydrogen-bond donors (Lipinski definition) is 0. The van der Waals surface area contributed by atoms with Crippen molar-refractivity contribution < 1.29 is 26.5 Å². The minimum Gasteiger partial charge on any atom is -0.493 e. The Morgan fingerprint density at radius 2 is 1.62 bits per heavy atom. The molecule has 0 fully saturated rings. The molecule has 0 aromatic heterocycles. The largest absolute Gasteiger partial charge is 0.493 e. The maximum atomic E-state index is 13.2. The number of amides is 1. The zero-order valence-electron chi connectivity index (χ0n) is 18.0. The third kappa shape index (κ3) is 5.45. The molecule has 0 saturated carbocycles. The molecule has 0 unspecified atom stereocenters. The van der Waals surface area contributed by atoms with Gasteiger partial charge in [-0.1, -0.05) is 24.3 Å². The first-order valence-corrected chi connectivity index (χ1v) is 11.3. The van der Waals surface area contributed by atoms with Crippen LogP contribution in [0.15, 0.2) is 77.7 Å². The van der Waals surface area contributed by atoms with Crippen LogP contribution in [0.3, 0.4) is 0 Å². The summed E-state index contributed by atoms with van der Waals surface area (Å²) in [6, 6.07) is 18.0. The van der Waals surface area contributed by atoms with Gasteiger partial charge in [-0.05, 0) is 67.9 Å². The van der Waals surface area contributed by atoms with Crippen molar-refractivity contribution in [1.82, 2.24) is 4.90 Å². The second kappa shape index (κ2) is 9.82. The molecule has 0 N–H and O–H groups in total. The van der Waals surface area contributed by atoms with Gasteiger partial charge in [0.2, 0.25) is 0 Å². The molecule has 168 valence electrons. The van der Waals surface area contributed by atoms with Gasteiger partial charge in [-0.3, -0.25) is 4.79 Å². The van der Waals surface area contributed by atoms with Crippen molar-refractivity contribution in [3.05, 3.63) is 89.7 Å². The van der Waals surface area contributed by atoms with E-state index in [1.165, 1.54) is 13.2 Å². The van der Waals surface area contributed by atoms with E-state index in [1.807, 2.05) is 19.9 Å². The highest BCUT2D eigenvalue weighted by Crippen LogP contribution is 2.31. The fraction of sp³-hybridized carbons (Fsp3) is 0.208. The van der Waals surface area contributed by atoms with Gasteiger partial charge in [0.05, 0.1) is 7.11 Å². The van der Waals surface area contributed by atoms with Gasteiger partial charge in [0.25, 0.3) is 5.91 Å². The lowest BCUT2D eigenvalue weighted by molar-refractivity contribution is 0.0690. The smallest absolute Gasteiger partial charge is 0.339 e. The Bertz CT molecular complexity index is 1180. The van der Waals surface area contributed by atoms with Crippen LogP contribution < -0.4 is 8.92 Å². The van der Waals surface area contributed by atoms with E-state index in [2.05, 4.69) is 0 Å². The summed E-state index contributed by atoms with van der Waals surface area (Å²) in [6.07, 6.45) is 0. The van der Waals surface area contributed by atoms with Gasteiger partial charge >= 0.3 is 10.1 Å². The van der Waals surface area contributed by atoms with Crippen molar-refractivity contribution in [3.63, 3.8) is 0 Å². The van der Waals surface area contributed by atoms with Crippen molar-refractivity contribution in [2.45, 2.75) is 31.3 Å². The number of nitrogens with zero attached hydrogens (tertiary/aromatic N) is 1. The van der Waals surface area contributed by atoms with Crippen molar-refractivity contribution in [2.24, 2.45) is 0 Å². The quantitative estimate of drug-likeness (QED) is 0.460. The van der Waals surface area contributed by atoms with Gasteiger partial charge in [0, 0.05) is 18.2 Å². The second-order valence-electron chi connectivity index (χ2n) is 7.37. The zero-order valence-corrected chi connectivity index (χ0v) is 18.8. The highest BCUT2D eigenvalue weighted by molar-refractivity contribution is 7.87. The first-order valence-electron chi connectivity index (χ1n) is 9.94. The van der Waals surface area contributed by atoms with Crippen LogP contribution in [0.4, 0.5) is 4.39 Å². The van der Waals surface area contributed by atoms with E-state index in [4.69, 9.17) is 8.92 Å². The molecule has 0 bridgehead atoms. The fourth-order valence-electron chi connectivity index (χ4n) is 3.08. The van der Waals surface area contributed by atoms with Crippen molar-refractivity contribution in [2.75, 3.05) is 7.11 Å². The molecule has 0 saturated heterocycles. The highest BCUT2D eigenvalue weighted by atomic mass is 32.2. The molecule has 3 aromatic carbocycles. The summed E-state index contributed by atoms with van der Waals surface area (Å²) in [7, 11) is -2.82. The van der Waals surface area contributed by atoms with Crippen molar-refractivity contribution >= 4 is 16.0 Å². The summed E-state index contributed by atoms with van der Waals surface area (Å²) in [5, 5.41) is 0. The van der Waals surface area contributed by atoms with Crippen LogP contribution in [0.1, 0.15) is 29.8 Å². The van der Waals surface area contributed by atoms with Crippen LogP contribution in [0.2, 0.25) is 0 Å². The van der Waals surface area contributed by atoms with Gasteiger partial charge in [0.15, 0.2) is 11.5 Å². The van der Waals surface area contributed by atoms with Gasteiger partial charge in [-0.15, -0.1) is 0 Å². The molecule has 0 spiro atoms. The number of hydrogen-bond acceptors (Lipinski definition) is 5. The Morgan fingerprint density at radius 3 is 2.22 bits per heavy atom. The predicted octanol–water partition coefficient (Wildman–Crippen LogP) is 4.65.